The van der Waals surface area contributed by atoms with E-state index in [1.165, 1.54) is 23.6 Å². The third-order valence-corrected chi connectivity index (χ3v) is 7.43. The summed E-state index contributed by atoms with van der Waals surface area (Å²) in [6.45, 7) is 16.3. The number of hydrogen-bond acceptors (Lipinski definition) is 7. The molecule has 3 aromatic rings. The fourth-order valence-corrected chi connectivity index (χ4v) is 4.88. The first kappa shape index (κ1) is 28.1. The summed E-state index contributed by atoms with van der Waals surface area (Å²) in [5.41, 5.74) is 1.38. The van der Waals surface area contributed by atoms with Crippen molar-refractivity contribution >= 4 is 22.0 Å². The van der Waals surface area contributed by atoms with Gasteiger partial charge in [-0.3, -0.25) is 9.29 Å². The van der Waals surface area contributed by atoms with Crippen molar-refractivity contribution in [2.75, 3.05) is 4.72 Å². The number of para-hydroxylation sites is 1. The molecule has 2 aromatic heterocycles. The monoisotopic (exact) mass is 528 g/mol. The molecule has 0 radical (unpaired) electrons. The van der Waals surface area contributed by atoms with E-state index in [1.807, 2.05) is 13.8 Å². The summed E-state index contributed by atoms with van der Waals surface area (Å²) in [5.74, 6) is -0.348. The molecular formula is C26H33FN6O3S. The number of nitrogens with one attached hydrogen (secondary N) is 1. The first-order chi connectivity index (χ1) is 17.5. The van der Waals surface area contributed by atoms with Gasteiger partial charge in [0.2, 0.25) is 16.0 Å². The number of rotatable bonds is 12. The first-order valence-corrected chi connectivity index (χ1v) is 13.5. The number of ether oxygens (including phenoxy) is 1. The van der Waals surface area contributed by atoms with Crippen LogP contribution in [0.15, 0.2) is 49.8 Å². The van der Waals surface area contributed by atoms with Crippen LogP contribution in [0.4, 0.5) is 10.3 Å². The Kier molecular flexibility index (Phi) is 8.93. The van der Waals surface area contributed by atoms with Crippen molar-refractivity contribution in [3.05, 3.63) is 78.4 Å². The van der Waals surface area contributed by atoms with Crippen molar-refractivity contribution in [1.29, 1.82) is 0 Å². The number of nitrogens with zero attached hydrogens (tertiary/aromatic N) is 5. The fraction of sp³-hybridized carbons (Fsp3) is 0.385. The third kappa shape index (κ3) is 6.28. The zero-order valence-electron chi connectivity index (χ0n) is 21.7. The predicted molar refractivity (Wildman–Crippen MR) is 142 cm³/mol. The van der Waals surface area contributed by atoms with Gasteiger partial charge in [0.25, 0.3) is 0 Å². The lowest BCUT2D eigenvalue weighted by molar-refractivity contribution is 0.00152. The van der Waals surface area contributed by atoms with Crippen LogP contribution in [-0.2, 0) is 14.8 Å². The molecule has 2 heterocycles. The van der Waals surface area contributed by atoms with E-state index >= 15 is 4.39 Å². The summed E-state index contributed by atoms with van der Waals surface area (Å²) >= 11 is 0. The van der Waals surface area contributed by atoms with Gasteiger partial charge >= 0.3 is 0 Å². The topological polar surface area (TPSA) is 112 Å². The number of halogens is 1. The first-order valence-electron chi connectivity index (χ1n) is 11.9. The highest BCUT2D eigenvalue weighted by molar-refractivity contribution is 7.93. The van der Waals surface area contributed by atoms with E-state index in [1.54, 1.807) is 44.4 Å². The molecule has 0 aliphatic heterocycles. The summed E-state index contributed by atoms with van der Waals surface area (Å²) in [6, 6.07) is 4.51. The lowest BCUT2D eigenvalue weighted by Crippen LogP contribution is -2.35. The summed E-state index contributed by atoms with van der Waals surface area (Å²) in [7, 11) is -4.15. The summed E-state index contributed by atoms with van der Waals surface area (Å²) in [4.78, 5) is 8.58. The number of aromatic nitrogens is 5. The Morgan fingerprint density at radius 2 is 1.81 bits per heavy atom. The molecule has 2 unspecified atom stereocenters. The third-order valence-electron chi connectivity index (χ3n) is 5.73. The van der Waals surface area contributed by atoms with Crippen molar-refractivity contribution in [3.63, 3.8) is 0 Å². The molecule has 1 aromatic carbocycles. The van der Waals surface area contributed by atoms with Crippen LogP contribution < -0.4 is 4.72 Å². The Bertz CT molecular complexity index is 1360. The SMILES string of the molecule is C=CC[C@H](C)c1nnc(NS(=O)(=O)C(C)C(OC(C)C)c2ncc(C)cn2)n1-c1c(F)cccc1C=C. The van der Waals surface area contributed by atoms with Gasteiger partial charge in [-0.2, -0.15) is 0 Å². The van der Waals surface area contributed by atoms with Gasteiger partial charge in [-0.25, -0.2) is 22.8 Å². The van der Waals surface area contributed by atoms with Crippen LogP contribution in [0.2, 0.25) is 0 Å². The van der Waals surface area contributed by atoms with Gasteiger partial charge in [-0.05, 0) is 45.7 Å². The minimum Gasteiger partial charge on any atom is -0.366 e. The van der Waals surface area contributed by atoms with Crippen molar-refractivity contribution in [3.8, 4) is 5.69 Å². The molecule has 0 saturated heterocycles. The van der Waals surface area contributed by atoms with Crippen molar-refractivity contribution in [2.45, 2.75) is 64.4 Å². The Labute approximate surface area is 217 Å². The maximum atomic E-state index is 15.2. The van der Waals surface area contributed by atoms with E-state index < -0.39 is 27.2 Å². The fourth-order valence-electron chi connectivity index (χ4n) is 3.80. The molecule has 0 aliphatic carbocycles. The van der Waals surface area contributed by atoms with Gasteiger partial charge in [0, 0.05) is 23.9 Å². The van der Waals surface area contributed by atoms with Crippen molar-refractivity contribution in [2.24, 2.45) is 0 Å². The Balaban J connectivity index is 2.10. The average Bonchev–Trinajstić information content (AvgIpc) is 3.24. The van der Waals surface area contributed by atoms with E-state index in [0.29, 0.717) is 17.8 Å². The number of allylic oxidation sites excluding steroid dienone is 1. The molecule has 0 fully saturated rings. The Morgan fingerprint density at radius 3 is 2.41 bits per heavy atom. The van der Waals surface area contributed by atoms with Crippen LogP contribution in [0.3, 0.4) is 0 Å². The molecular weight excluding hydrogens is 495 g/mol. The Hall–Kier alpha value is -3.44. The molecule has 0 bridgehead atoms. The van der Waals surface area contributed by atoms with Gasteiger partial charge in [-0.1, -0.05) is 37.8 Å². The highest BCUT2D eigenvalue weighted by Crippen LogP contribution is 2.31. The predicted octanol–water partition coefficient (Wildman–Crippen LogP) is 5.12. The molecule has 1 N–H and O–H groups in total. The van der Waals surface area contributed by atoms with E-state index in [9.17, 15) is 8.42 Å². The molecule has 3 atom stereocenters. The minimum absolute atomic E-state index is 0.0932. The van der Waals surface area contributed by atoms with Crippen molar-refractivity contribution < 1.29 is 17.5 Å². The van der Waals surface area contributed by atoms with Crippen LogP contribution >= 0.6 is 0 Å². The number of hydrogen-bond donors (Lipinski definition) is 1. The second-order valence-electron chi connectivity index (χ2n) is 9.10. The zero-order chi connectivity index (χ0) is 27.3. The number of aryl methyl sites for hydroxylation is 1. The second-order valence-corrected chi connectivity index (χ2v) is 11.1. The van der Waals surface area contributed by atoms with Crippen LogP contribution in [0.5, 0.6) is 0 Å². The molecule has 3 rings (SSSR count). The second kappa shape index (κ2) is 11.7. The average molecular weight is 529 g/mol. The largest absolute Gasteiger partial charge is 0.366 e. The van der Waals surface area contributed by atoms with Gasteiger partial charge in [0.15, 0.2) is 5.82 Å². The van der Waals surface area contributed by atoms with E-state index in [2.05, 4.69) is 38.0 Å². The zero-order valence-corrected chi connectivity index (χ0v) is 22.5. The summed E-state index contributed by atoms with van der Waals surface area (Å²) in [6.07, 6.45) is 5.66. The molecule has 37 heavy (non-hydrogen) atoms. The van der Waals surface area contributed by atoms with Crippen molar-refractivity contribution in [1.82, 2.24) is 24.7 Å². The molecule has 11 heteroatoms. The smallest absolute Gasteiger partial charge is 0.243 e. The lowest BCUT2D eigenvalue weighted by Gasteiger charge is -2.25. The number of anilines is 1. The summed E-state index contributed by atoms with van der Waals surface area (Å²) < 4.78 is 52.3. The van der Waals surface area contributed by atoms with Crippen LogP contribution in [0.25, 0.3) is 11.8 Å². The lowest BCUT2D eigenvalue weighted by atomic mass is 10.1. The molecule has 0 amide bonds. The van der Waals surface area contributed by atoms with Crippen LogP contribution in [0.1, 0.15) is 68.9 Å². The maximum absolute atomic E-state index is 15.2. The molecule has 0 saturated carbocycles. The van der Waals surface area contributed by atoms with Gasteiger partial charge < -0.3 is 4.74 Å². The molecule has 198 valence electrons. The standard InChI is InChI=1S/C26H33FN6O3S/c1-8-11-18(6)25-30-31-26(33(25)22-20(9-2)12-10-13-21(22)27)32-37(34,35)19(7)23(36-16(3)4)24-28-14-17(5)15-29-24/h8-10,12-16,18-19,23H,1-2,11H2,3-7H3,(H,31,32)/t18-,19?,23?/m0/s1. The van der Waals surface area contributed by atoms with Crippen LogP contribution in [-0.4, -0.2) is 44.5 Å². The maximum Gasteiger partial charge on any atom is 0.243 e. The number of sulfonamides is 1. The van der Waals surface area contributed by atoms with E-state index in [4.69, 9.17) is 4.74 Å². The highest BCUT2D eigenvalue weighted by atomic mass is 32.2. The Morgan fingerprint density at radius 1 is 1.14 bits per heavy atom. The summed E-state index contributed by atoms with van der Waals surface area (Å²) in [5, 5.41) is 7.19. The van der Waals surface area contributed by atoms with E-state index in [-0.39, 0.29) is 29.5 Å². The van der Waals surface area contributed by atoms with Crippen LogP contribution in [0, 0.1) is 12.7 Å². The van der Waals surface area contributed by atoms with Gasteiger partial charge in [-0.15, -0.1) is 16.8 Å². The van der Waals surface area contributed by atoms with Gasteiger partial charge in [0.05, 0.1) is 11.8 Å². The quantitative estimate of drug-likeness (QED) is 0.325. The molecule has 0 spiro atoms. The highest BCUT2D eigenvalue weighted by Gasteiger charge is 2.36. The van der Waals surface area contributed by atoms with E-state index in [0.717, 1.165) is 5.56 Å². The minimum atomic E-state index is -4.15. The van der Waals surface area contributed by atoms with Gasteiger partial charge in [0.1, 0.15) is 23.0 Å². The molecule has 9 nitrogen and oxygen atoms in total. The number of benzene rings is 1. The normalized spacial score (nSPS) is 14.2. The molecule has 0 aliphatic rings.